The summed E-state index contributed by atoms with van der Waals surface area (Å²) in [5.41, 5.74) is 0.941. The number of aromatic nitrogens is 3. The molecular formula is C26H31N7O3S. The molecule has 3 aromatic rings. The number of pyridine rings is 2. The van der Waals surface area contributed by atoms with Crippen molar-refractivity contribution >= 4 is 34.9 Å². The van der Waals surface area contributed by atoms with Crippen LogP contribution in [0.25, 0.3) is 10.6 Å². The molecule has 0 spiro atoms. The van der Waals surface area contributed by atoms with Gasteiger partial charge in [0.15, 0.2) is 0 Å². The van der Waals surface area contributed by atoms with E-state index in [-0.39, 0.29) is 11.8 Å². The molecule has 194 valence electrons. The molecule has 2 fully saturated rings. The Bertz CT molecular complexity index is 1210. The fourth-order valence-corrected chi connectivity index (χ4v) is 5.43. The highest BCUT2D eigenvalue weighted by atomic mass is 32.1. The summed E-state index contributed by atoms with van der Waals surface area (Å²) in [5.74, 6) is 1.99. The molecule has 11 heteroatoms. The fourth-order valence-electron chi connectivity index (χ4n) is 4.67. The quantitative estimate of drug-likeness (QED) is 0.486. The summed E-state index contributed by atoms with van der Waals surface area (Å²) in [6.07, 6.45) is 6.22. The lowest BCUT2D eigenvalue weighted by Gasteiger charge is -2.30. The SMILES string of the molecule is CN1CCC(C(=O)N2CCC(COc3cccc(NC(=O)Nc4csc(-c5ccncc5)n4)n3)C2)CC1. The number of anilines is 2. The van der Waals surface area contributed by atoms with Gasteiger partial charge in [-0.3, -0.25) is 20.4 Å². The van der Waals surface area contributed by atoms with Crippen LogP contribution < -0.4 is 15.4 Å². The second-order valence-electron chi connectivity index (χ2n) is 9.54. The summed E-state index contributed by atoms with van der Waals surface area (Å²) in [7, 11) is 2.11. The number of nitrogens with one attached hydrogen (secondary N) is 2. The van der Waals surface area contributed by atoms with Gasteiger partial charge in [0.1, 0.15) is 16.6 Å². The minimum atomic E-state index is -0.435. The van der Waals surface area contributed by atoms with E-state index in [9.17, 15) is 9.59 Å². The van der Waals surface area contributed by atoms with Crippen LogP contribution in [-0.2, 0) is 4.79 Å². The first kappa shape index (κ1) is 25.1. The molecule has 5 heterocycles. The number of carbonyl (C=O) groups is 2. The second kappa shape index (κ2) is 11.7. The first-order valence-electron chi connectivity index (χ1n) is 12.5. The van der Waals surface area contributed by atoms with Gasteiger partial charge in [-0.2, -0.15) is 4.98 Å². The monoisotopic (exact) mass is 521 g/mol. The number of nitrogens with zero attached hydrogens (tertiary/aromatic N) is 5. The molecule has 1 atom stereocenters. The zero-order valence-electron chi connectivity index (χ0n) is 20.8. The lowest BCUT2D eigenvalue weighted by Crippen LogP contribution is -2.40. The molecule has 3 amide bonds. The molecule has 5 rings (SSSR count). The van der Waals surface area contributed by atoms with E-state index < -0.39 is 6.03 Å². The van der Waals surface area contributed by atoms with Gasteiger partial charge in [0.05, 0.1) is 6.61 Å². The predicted molar refractivity (Wildman–Crippen MR) is 143 cm³/mol. The third-order valence-electron chi connectivity index (χ3n) is 6.77. The number of piperidine rings is 1. The summed E-state index contributed by atoms with van der Waals surface area (Å²) < 4.78 is 5.93. The minimum Gasteiger partial charge on any atom is -0.477 e. The molecule has 2 aliphatic heterocycles. The van der Waals surface area contributed by atoms with Crippen molar-refractivity contribution in [2.24, 2.45) is 11.8 Å². The lowest BCUT2D eigenvalue weighted by atomic mass is 9.96. The van der Waals surface area contributed by atoms with Crippen LogP contribution in [0.2, 0.25) is 0 Å². The van der Waals surface area contributed by atoms with Gasteiger partial charge in [0.2, 0.25) is 11.8 Å². The van der Waals surface area contributed by atoms with Crippen LogP contribution >= 0.6 is 11.3 Å². The van der Waals surface area contributed by atoms with Gasteiger partial charge in [-0.05, 0) is 57.6 Å². The van der Waals surface area contributed by atoms with E-state index in [0.717, 1.165) is 56.0 Å². The molecular weight excluding hydrogens is 490 g/mol. The van der Waals surface area contributed by atoms with E-state index >= 15 is 0 Å². The van der Waals surface area contributed by atoms with Gasteiger partial charge in [0, 0.05) is 54.3 Å². The van der Waals surface area contributed by atoms with Gasteiger partial charge >= 0.3 is 6.03 Å². The van der Waals surface area contributed by atoms with Gasteiger partial charge in [-0.25, -0.2) is 9.78 Å². The number of hydrogen-bond donors (Lipinski definition) is 2. The standard InChI is InChI=1S/C26H31N7O3S/c1-32-12-8-20(9-13-32)25(34)33-14-7-18(15-33)16-36-23-4-2-3-21(28-23)30-26(35)31-22-17-37-24(29-22)19-5-10-27-11-6-19/h2-6,10-11,17-18,20H,7-9,12-16H2,1H3,(H2,28,30,31,35). The smallest absolute Gasteiger partial charge is 0.326 e. The number of hydrogen-bond acceptors (Lipinski definition) is 8. The maximum absolute atomic E-state index is 12.9. The van der Waals surface area contributed by atoms with Crippen LogP contribution in [0.1, 0.15) is 19.3 Å². The number of rotatable bonds is 7. The number of carbonyl (C=O) groups excluding carboxylic acids is 2. The lowest BCUT2D eigenvalue weighted by molar-refractivity contribution is -0.136. The molecule has 10 nitrogen and oxygen atoms in total. The Morgan fingerprint density at radius 3 is 2.62 bits per heavy atom. The van der Waals surface area contributed by atoms with Crippen molar-refractivity contribution in [2.75, 3.05) is 50.5 Å². The Morgan fingerprint density at radius 2 is 1.81 bits per heavy atom. The largest absolute Gasteiger partial charge is 0.477 e. The Balaban J connectivity index is 1.08. The average Bonchev–Trinajstić information content (AvgIpc) is 3.58. The van der Waals surface area contributed by atoms with E-state index in [1.807, 2.05) is 17.0 Å². The average molecular weight is 522 g/mol. The highest BCUT2D eigenvalue weighted by Crippen LogP contribution is 2.26. The predicted octanol–water partition coefficient (Wildman–Crippen LogP) is 3.81. The van der Waals surface area contributed by atoms with Crippen LogP contribution in [0, 0.1) is 11.8 Å². The van der Waals surface area contributed by atoms with E-state index in [0.29, 0.717) is 30.0 Å². The van der Waals surface area contributed by atoms with Gasteiger partial charge in [0.25, 0.3) is 0 Å². The van der Waals surface area contributed by atoms with E-state index in [1.165, 1.54) is 11.3 Å². The summed E-state index contributed by atoms with van der Waals surface area (Å²) in [4.78, 5) is 42.5. The zero-order chi connectivity index (χ0) is 25.6. The van der Waals surface area contributed by atoms with Gasteiger partial charge < -0.3 is 14.5 Å². The van der Waals surface area contributed by atoms with Crippen molar-refractivity contribution in [3.05, 3.63) is 48.1 Å². The highest BCUT2D eigenvalue weighted by Gasteiger charge is 2.32. The first-order valence-corrected chi connectivity index (χ1v) is 13.4. The molecule has 2 aliphatic rings. The van der Waals surface area contributed by atoms with Crippen molar-refractivity contribution in [1.29, 1.82) is 0 Å². The summed E-state index contributed by atoms with van der Waals surface area (Å²) in [5, 5.41) is 8.04. The van der Waals surface area contributed by atoms with E-state index in [2.05, 4.69) is 37.5 Å². The number of likely N-dealkylation sites (tertiary alicyclic amines) is 2. The van der Waals surface area contributed by atoms with Gasteiger partial charge in [-0.15, -0.1) is 11.3 Å². The second-order valence-corrected chi connectivity index (χ2v) is 10.4. The summed E-state index contributed by atoms with van der Waals surface area (Å²) >= 11 is 1.44. The zero-order valence-corrected chi connectivity index (χ0v) is 21.6. The number of thiazole rings is 1. The minimum absolute atomic E-state index is 0.151. The van der Waals surface area contributed by atoms with Crippen molar-refractivity contribution in [3.8, 4) is 16.5 Å². The van der Waals surface area contributed by atoms with Crippen molar-refractivity contribution in [2.45, 2.75) is 19.3 Å². The van der Waals surface area contributed by atoms with E-state index in [4.69, 9.17) is 4.74 Å². The van der Waals surface area contributed by atoms with Crippen molar-refractivity contribution in [3.63, 3.8) is 0 Å². The van der Waals surface area contributed by atoms with Crippen molar-refractivity contribution in [1.82, 2.24) is 24.8 Å². The Hall–Kier alpha value is -3.57. The number of urea groups is 1. The number of amides is 3. The van der Waals surface area contributed by atoms with Gasteiger partial charge in [-0.1, -0.05) is 6.07 Å². The van der Waals surface area contributed by atoms with Crippen LogP contribution in [-0.4, -0.2) is 76.5 Å². The topological polar surface area (TPSA) is 113 Å². The van der Waals surface area contributed by atoms with Crippen LogP contribution in [0.3, 0.4) is 0 Å². The van der Waals surface area contributed by atoms with E-state index in [1.54, 1.807) is 36.0 Å². The molecule has 2 N–H and O–H groups in total. The maximum atomic E-state index is 12.9. The molecule has 1 unspecified atom stereocenters. The molecule has 0 aliphatic carbocycles. The van der Waals surface area contributed by atoms with Crippen molar-refractivity contribution < 1.29 is 14.3 Å². The molecule has 0 radical (unpaired) electrons. The van der Waals surface area contributed by atoms with Crippen LogP contribution in [0.4, 0.5) is 16.4 Å². The summed E-state index contributed by atoms with van der Waals surface area (Å²) in [6.45, 7) is 3.97. The molecule has 37 heavy (non-hydrogen) atoms. The molecule has 3 aromatic heterocycles. The third-order valence-corrected chi connectivity index (χ3v) is 7.66. The normalized spacial score (nSPS) is 18.5. The molecule has 2 saturated heterocycles. The summed E-state index contributed by atoms with van der Waals surface area (Å²) in [6, 6.07) is 8.56. The maximum Gasteiger partial charge on any atom is 0.326 e. The molecule has 0 saturated carbocycles. The number of ether oxygens (including phenoxy) is 1. The Kier molecular flexibility index (Phi) is 7.90. The highest BCUT2D eigenvalue weighted by molar-refractivity contribution is 7.13. The first-order chi connectivity index (χ1) is 18.0. The third kappa shape index (κ3) is 6.60. The van der Waals surface area contributed by atoms with Crippen LogP contribution in [0.15, 0.2) is 48.1 Å². The molecule has 0 aromatic carbocycles. The van der Waals surface area contributed by atoms with Crippen LogP contribution in [0.5, 0.6) is 5.88 Å². The Labute approximate surface area is 220 Å². The fraction of sp³-hybridized carbons (Fsp3) is 0.423. The Morgan fingerprint density at radius 1 is 1.03 bits per heavy atom. The molecule has 0 bridgehead atoms.